The van der Waals surface area contributed by atoms with Gasteiger partial charge in [-0.25, -0.2) is 0 Å². The van der Waals surface area contributed by atoms with Gasteiger partial charge in [-0.3, -0.25) is 9.59 Å². The Morgan fingerprint density at radius 3 is 2.44 bits per heavy atom. The quantitative estimate of drug-likeness (QED) is 0.793. The number of anilines is 2. The minimum Gasteiger partial charge on any atom is -0.326 e. The first-order valence-corrected chi connectivity index (χ1v) is 8.36. The van der Waals surface area contributed by atoms with Crippen molar-refractivity contribution in [3.8, 4) is 0 Å². The van der Waals surface area contributed by atoms with Crippen LogP contribution in [0.15, 0.2) is 72.8 Å². The van der Waals surface area contributed by atoms with Crippen molar-refractivity contribution in [2.75, 3.05) is 16.8 Å². The summed E-state index contributed by atoms with van der Waals surface area (Å²) in [5.41, 5.74) is 1.60. The molecule has 0 unspecified atom stereocenters. The molecule has 4 rings (SSSR count). The van der Waals surface area contributed by atoms with Crippen LogP contribution in [0, 0.1) is 5.92 Å². The third-order valence-corrected chi connectivity index (χ3v) is 4.58. The average Bonchev–Trinajstić information content (AvgIpc) is 3.04. The van der Waals surface area contributed by atoms with Gasteiger partial charge in [-0.15, -0.1) is 0 Å². The zero-order valence-electron chi connectivity index (χ0n) is 13.7. The highest BCUT2D eigenvalue weighted by Gasteiger charge is 2.35. The van der Waals surface area contributed by atoms with Crippen molar-refractivity contribution in [3.05, 3.63) is 72.8 Å². The van der Waals surface area contributed by atoms with E-state index < -0.39 is 0 Å². The standard InChI is InChI=1S/C21H18N2O2/c24-20-13-17(14-23(20)19-8-2-1-3-9-19)21(25)22-18-11-10-15-6-4-5-7-16(15)12-18/h1-12,17H,13-14H2,(H,22,25)/t17-/m0/s1. The SMILES string of the molecule is O=C(Nc1ccc2ccccc2c1)[C@H]1CC(=O)N(c2ccccc2)C1. The molecule has 0 aliphatic carbocycles. The maximum Gasteiger partial charge on any atom is 0.229 e. The highest BCUT2D eigenvalue weighted by molar-refractivity contribution is 6.04. The van der Waals surface area contributed by atoms with E-state index in [0.29, 0.717) is 6.54 Å². The van der Waals surface area contributed by atoms with Crippen LogP contribution >= 0.6 is 0 Å². The third kappa shape index (κ3) is 3.11. The summed E-state index contributed by atoms with van der Waals surface area (Å²) < 4.78 is 0. The lowest BCUT2D eigenvalue weighted by molar-refractivity contribution is -0.122. The van der Waals surface area contributed by atoms with Crippen molar-refractivity contribution >= 4 is 34.0 Å². The van der Waals surface area contributed by atoms with Gasteiger partial charge in [-0.05, 0) is 35.0 Å². The number of amides is 2. The molecule has 2 amide bonds. The molecule has 4 nitrogen and oxygen atoms in total. The lowest BCUT2D eigenvalue weighted by Gasteiger charge is -2.16. The molecule has 0 bridgehead atoms. The first-order valence-electron chi connectivity index (χ1n) is 8.36. The zero-order valence-corrected chi connectivity index (χ0v) is 13.7. The summed E-state index contributed by atoms with van der Waals surface area (Å²) in [6.45, 7) is 0.419. The Kier molecular flexibility index (Phi) is 3.94. The van der Waals surface area contributed by atoms with Gasteiger partial charge in [0.05, 0.1) is 5.92 Å². The molecule has 4 heteroatoms. The predicted molar refractivity (Wildman–Crippen MR) is 99.5 cm³/mol. The number of benzene rings is 3. The highest BCUT2D eigenvalue weighted by atomic mass is 16.2. The molecule has 3 aromatic carbocycles. The summed E-state index contributed by atoms with van der Waals surface area (Å²) in [7, 11) is 0. The molecule has 124 valence electrons. The molecule has 1 N–H and O–H groups in total. The van der Waals surface area contributed by atoms with Crippen LogP contribution in [0.2, 0.25) is 0 Å². The van der Waals surface area contributed by atoms with Crippen LogP contribution in [0.5, 0.6) is 0 Å². The van der Waals surface area contributed by atoms with Crippen molar-refractivity contribution in [2.24, 2.45) is 5.92 Å². The van der Waals surface area contributed by atoms with Crippen molar-refractivity contribution in [1.82, 2.24) is 0 Å². The van der Waals surface area contributed by atoms with Gasteiger partial charge in [0.2, 0.25) is 11.8 Å². The molecule has 1 heterocycles. The van der Waals surface area contributed by atoms with Gasteiger partial charge in [0.15, 0.2) is 0 Å². The summed E-state index contributed by atoms with van der Waals surface area (Å²) in [5.74, 6) is -0.453. The number of fused-ring (bicyclic) bond motifs is 1. The number of rotatable bonds is 3. The molecule has 0 saturated carbocycles. The Morgan fingerprint density at radius 1 is 0.920 bits per heavy atom. The zero-order chi connectivity index (χ0) is 17.2. The van der Waals surface area contributed by atoms with E-state index in [9.17, 15) is 9.59 Å². The van der Waals surface area contributed by atoms with Gasteiger partial charge in [0, 0.05) is 24.3 Å². The van der Waals surface area contributed by atoms with Gasteiger partial charge in [-0.2, -0.15) is 0 Å². The summed E-state index contributed by atoms with van der Waals surface area (Å²) in [6, 6.07) is 23.3. The van der Waals surface area contributed by atoms with Gasteiger partial charge in [0.1, 0.15) is 0 Å². The van der Waals surface area contributed by atoms with Gasteiger partial charge >= 0.3 is 0 Å². The lowest BCUT2D eigenvalue weighted by Crippen LogP contribution is -2.28. The van der Waals surface area contributed by atoms with Crippen LogP contribution in [0.4, 0.5) is 11.4 Å². The van der Waals surface area contributed by atoms with Crippen LogP contribution < -0.4 is 10.2 Å². The predicted octanol–water partition coefficient (Wildman–Crippen LogP) is 3.83. The number of hydrogen-bond acceptors (Lipinski definition) is 2. The van der Waals surface area contributed by atoms with E-state index in [-0.39, 0.29) is 24.2 Å². The van der Waals surface area contributed by atoms with Crippen LogP contribution in [0.1, 0.15) is 6.42 Å². The molecule has 1 saturated heterocycles. The molecule has 0 radical (unpaired) electrons. The van der Waals surface area contributed by atoms with E-state index in [2.05, 4.69) is 5.32 Å². The highest BCUT2D eigenvalue weighted by Crippen LogP contribution is 2.26. The van der Waals surface area contributed by atoms with Crippen molar-refractivity contribution in [3.63, 3.8) is 0 Å². The molecule has 0 spiro atoms. The fraction of sp³-hybridized carbons (Fsp3) is 0.143. The number of nitrogens with one attached hydrogen (secondary N) is 1. The number of nitrogens with zero attached hydrogens (tertiary/aromatic N) is 1. The van der Waals surface area contributed by atoms with Crippen LogP contribution in [0.3, 0.4) is 0 Å². The van der Waals surface area contributed by atoms with E-state index in [1.54, 1.807) is 4.90 Å². The Balaban J connectivity index is 1.48. The van der Waals surface area contributed by atoms with Gasteiger partial charge < -0.3 is 10.2 Å². The van der Waals surface area contributed by atoms with E-state index in [4.69, 9.17) is 0 Å². The molecule has 25 heavy (non-hydrogen) atoms. The molecule has 3 aromatic rings. The number of carbonyl (C=O) groups is 2. The van der Waals surface area contributed by atoms with Gasteiger partial charge in [-0.1, -0.05) is 48.5 Å². The number of carbonyl (C=O) groups excluding carboxylic acids is 2. The Bertz CT molecular complexity index is 937. The molecule has 1 aliphatic rings. The van der Waals surface area contributed by atoms with Crippen molar-refractivity contribution in [2.45, 2.75) is 6.42 Å². The Labute approximate surface area is 146 Å². The van der Waals surface area contributed by atoms with E-state index in [0.717, 1.165) is 22.1 Å². The second-order valence-electron chi connectivity index (χ2n) is 6.29. The van der Waals surface area contributed by atoms with Crippen molar-refractivity contribution in [1.29, 1.82) is 0 Å². The number of para-hydroxylation sites is 1. The smallest absolute Gasteiger partial charge is 0.229 e. The second kappa shape index (κ2) is 6.40. The van der Waals surface area contributed by atoms with E-state index in [1.807, 2.05) is 72.8 Å². The topological polar surface area (TPSA) is 49.4 Å². The van der Waals surface area contributed by atoms with E-state index >= 15 is 0 Å². The fourth-order valence-corrected chi connectivity index (χ4v) is 3.25. The third-order valence-electron chi connectivity index (χ3n) is 4.58. The molecule has 1 fully saturated rings. The largest absolute Gasteiger partial charge is 0.326 e. The Hall–Kier alpha value is -3.14. The summed E-state index contributed by atoms with van der Waals surface area (Å²) in [5, 5.41) is 5.16. The summed E-state index contributed by atoms with van der Waals surface area (Å²) >= 11 is 0. The number of hydrogen-bond donors (Lipinski definition) is 1. The average molecular weight is 330 g/mol. The van der Waals surface area contributed by atoms with Crippen LogP contribution in [-0.2, 0) is 9.59 Å². The van der Waals surface area contributed by atoms with E-state index in [1.165, 1.54) is 0 Å². The molecule has 0 aromatic heterocycles. The maximum atomic E-state index is 12.6. The molecular weight excluding hydrogens is 312 g/mol. The first kappa shape index (κ1) is 15.4. The lowest BCUT2D eigenvalue weighted by atomic mass is 10.1. The summed E-state index contributed by atoms with van der Waals surface area (Å²) in [6.07, 6.45) is 0.244. The Morgan fingerprint density at radius 2 is 1.64 bits per heavy atom. The van der Waals surface area contributed by atoms with Crippen molar-refractivity contribution < 1.29 is 9.59 Å². The normalized spacial score (nSPS) is 17.0. The molecule has 1 atom stereocenters. The second-order valence-corrected chi connectivity index (χ2v) is 6.29. The first-order chi connectivity index (χ1) is 12.2. The monoisotopic (exact) mass is 330 g/mol. The van der Waals surface area contributed by atoms with Gasteiger partial charge in [0.25, 0.3) is 0 Å². The fourth-order valence-electron chi connectivity index (χ4n) is 3.25. The molecule has 1 aliphatic heterocycles. The molecular formula is C21H18N2O2. The van der Waals surface area contributed by atoms with Crippen LogP contribution in [-0.4, -0.2) is 18.4 Å². The maximum absolute atomic E-state index is 12.6. The minimum atomic E-state index is -0.334. The van der Waals surface area contributed by atoms with Crippen LogP contribution in [0.25, 0.3) is 10.8 Å². The summed E-state index contributed by atoms with van der Waals surface area (Å²) in [4.78, 5) is 26.5. The minimum absolute atomic E-state index is 0.00939.